The molecule has 0 fully saturated rings. The van der Waals surface area contributed by atoms with Gasteiger partial charge in [-0.25, -0.2) is 0 Å². The molecule has 1 aromatic carbocycles. The fourth-order valence-corrected chi connectivity index (χ4v) is 3.42. The van der Waals surface area contributed by atoms with Gasteiger partial charge in [0, 0.05) is 21.9 Å². The summed E-state index contributed by atoms with van der Waals surface area (Å²) in [7, 11) is 0. The van der Waals surface area contributed by atoms with E-state index in [1.807, 2.05) is 11.8 Å². The molecule has 16 heavy (non-hydrogen) atoms. The summed E-state index contributed by atoms with van der Waals surface area (Å²) >= 11 is 1.97. The van der Waals surface area contributed by atoms with E-state index in [1.165, 1.54) is 21.7 Å². The Morgan fingerprint density at radius 3 is 2.69 bits per heavy atom. The maximum absolute atomic E-state index is 5.65. The summed E-state index contributed by atoms with van der Waals surface area (Å²) in [6, 6.07) is 5.05. The summed E-state index contributed by atoms with van der Waals surface area (Å²) in [6.07, 6.45) is 1.07. The minimum absolute atomic E-state index is 0.503. The van der Waals surface area contributed by atoms with Gasteiger partial charge in [-0.2, -0.15) is 0 Å². The summed E-state index contributed by atoms with van der Waals surface area (Å²) in [5, 5.41) is 4.18. The van der Waals surface area contributed by atoms with E-state index in [9.17, 15) is 0 Å². The molecule has 88 valence electrons. The average molecular weight is 236 g/mol. The van der Waals surface area contributed by atoms with Gasteiger partial charge in [-0.1, -0.05) is 0 Å². The van der Waals surface area contributed by atoms with Gasteiger partial charge in [0.15, 0.2) is 0 Å². The number of thioether (sulfide) groups is 1. The lowest BCUT2D eigenvalue weighted by Gasteiger charge is -2.32. The molecule has 0 aliphatic carbocycles. The third kappa shape index (κ3) is 2.20. The van der Waals surface area contributed by atoms with Gasteiger partial charge in [-0.15, -0.1) is 11.8 Å². The Morgan fingerprint density at radius 1 is 1.31 bits per heavy atom. The van der Waals surface area contributed by atoms with Crippen LogP contribution in [0.5, 0.6) is 0 Å². The number of nitrogens with one attached hydrogen (secondary N) is 1. The van der Waals surface area contributed by atoms with E-state index in [0.717, 1.165) is 13.0 Å². The molecule has 1 aliphatic rings. The predicted molar refractivity (Wildman–Crippen MR) is 72.3 cm³/mol. The quantitative estimate of drug-likeness (QED) is 0.829. The molecule has 1 heterocycles. The monoisotopic (exact) mass is 236 g/mol. The summed E-state index contributed by atoms with van der Waals surface area (Å²) in [4.78, 5) is 1.37. The maximum atomic E-state index is 5.65. The van der Waals surface area contributed by atoms with E-state index < -0.39 is 0 Å². The van der Waals surface area contributed by atoms with Crippen molar-refractivity contribution in [3.63, 3.8) is 0 Å². The third-order valence-electron chi connectivity index (χ3n) is 3.27. The zero-order chi connectivity index (χ0) is 11.7. The van der Waals surface area contributed by atoms with Gasteiger partial charge in [-0.05, 0) is 57.0 Å². The Hall–Kier alpha value is -0.670. The first-order valence-corrected chi connectivity index (χ1v) is 6.74. The number of rotatable bonds is 2. The van der Waals surface area contributed by atoms with Crippen molar-refractivity contribution in [3.05, 3.63) is 23.3 Å². The Balaban J connectivity index is 2.28. The van der Waals surface area contributed by atoms with Crippen molar-refractivity contribution in [1.29, 1.82) is 0 Å². The van der Waals surface area contributed by atoms with E-state index in [-0.39, 0.29) is 0 Å². The zero-order valence-corrected chi connectivity index (χ0v) is 11.0. The molecule has 0 spiro atoms. The van der Waals surface area contributed by atoms with Gasteiger partial charge in [0.05, 0.1) is 0 Å². The van der Waals surface area contributed by atoms with Crippen LogP contribution >= 0.6 is 11.8 Å². The Kier molecular flexibility index (Phi) is 3.45. The second-order valence-corrected chi connectivity index (χ2v) is 5.88. The van der Waals surface area contributed by atoms with Crippen LogP contribution in [0.4, 0.5) is 5.69 Å². The van der Waals surface area contributed by atoms with E-state index in [4.69, 9.17) is 5.73 Å². The summed E-state index contributed by atoms with van der Waals surface area (Å²) in [6.45, 7) is 7.35. The van der Waals surface area contributed by atoms with Crippen LogP contribution < -0.4 is 11.1 Å². The Labute approximate surface area is 102 Å². The standard InChI is InChI=1S/C13H20N2S/c1-8-6-11-13(7-9(8)2)16-12(4-5-14)10(3)15-11/h6-7,10,12,15H,4-5,14H2,1-3H3. The van der Waals surface area contributed by atoms with Crippen LogP contribution in [-0.4, -0.2) is 17.8 Å². The lowest BCUT2D eigenvalue weighted by atomic mass is 10.1. The molecule has 0 radical (unpaired) electrons. The first-order valence-electron chi connectivity index (χ1n) is 5.86. The molecule has 0 saturated heterocycles. The molecule has 0 saturated carbocycles. The first-order chi connectivity index (χ1) is 7.61. The summed E-state index contributed by atoms with van der Waals surface area (Å²) in [5.74, 6) is 0. The molecule has 3 N–H and O–H groups in total. The van der Waals surface area contributed by atoms with Gasteiger partial charge < -0.3 is 11.1 Å². The molecule has 1 aliphatic heterocycles. The minimum atomic E-state index is 0.503. The van der Waals surface area contributed by atoms with E-state index >= 15 is 0 Å². The zero-order valence-electron chi connectivity index (χ0n) is 10.2. The van der Waals surface area contributed by atoms with Crippen molar-refractivity contribution in [3.8, 4) is 0 Å². The van der Waals surface area contributed by atoms with Crippen molar-refractivity contribution in [1.82, 2.24) is 0 Å². The Bertz CT molecular complexity index is 390. The van der Waals surface area contributed by atoms with Crippen molar-refractivity contribution < 1.29 is 0 Å². The first kappa shape index (κ1) is 11.8. The lowest BCUT2D eigenvalue weighted by Crippen LogP contribution is -2.33. The number of hydrogen-bond donors (Lipinski definition) is 2. The molecular weight excluding hydrogens is 216 g/mol. The molecule has 2 rings (SSSR count). The second-order valence-electron chi connectivity index (χ2n) is 4.60. The van der Waals surface area contributed by atoms with Crippen LogP contribution in [0.25, 0.3) is 0 Å². The van der Waals surface area contributed by atoms with E-state index in [0.29, 0.717) is 11.3 Å². The van der Waals surface area contributed by atoms with Crippen LogP contribution in [0.3, 0.4) is 0 Å². The molecule has 2 unspecified atom stereocenters. The van der Waals surface area contributed by atoms with Crippen LogP contribution in [0, 0.1) is 13.8 Å². The highest BCUT2D eigenvalue weighted by molar-refractivity contribution is 8.00. The van der Waals surface area contributed by atoms with E-state index in [1.54, 1.807) is 0 Å². The van der Waals surface area contributed by atoms with Crippen molar-refractivity contribution in [2.24, 2.45) is 5.73 Å². The molecule has 1 aromatic rings. The smallest absolute Gasteiger partial charge is 0.0483 e. The lowest BCUT2D eigenvalue weighted by molar-refractivity contribution is 0.672. The van der Waals surface area contributed by atoms with Gasteiger partial charge in [0.2, 0.25) is 0 Å². The number of fused-ring (bicyclic) bond motifs is 1. The minimum Gasteiger partial charge on any atom is -0.381 e. The number of aryl methyl sites for hydroxylation is 2. The normalized spacial score (nSPS) is 23.8. The molecule has 0 aromatic heterocycles. The van der Waals surface area contributed by atoms with Gasteiger partial charge in [0.1, 0.15) is 0 Å². The van der Waals surface area contributed by atoms with Crippen molar-refractivity contribution >= 4 is 17.4 Å². The third-order valence-corrected chi connectivity index (χ3v) is 4.80. The molecule has 2 nitrogen and oxygen atoms in total. The highest BCUT2D eigenvalue weighted by Crippen LogP contribution is 2.40. The number of benzene rings is 1. The van der Waals surface area contributed by atoms with Crippen LogP contribution in [0.1, 0.15) is 24.5 Å². The highest BCUT2D eigenvalue weighted by atomic mass is 32.2. The van der Waals surface area contributed by atoms with Gasteiger partial charge >= 0.3 is 0 Å². The molecular formula is C13H20N2S. The molecule has 0 bridgehead atoms. The van der Waals surface area contributed by atoms with E-state index in [2.05, 4.69) is 38.2 Å². The number of anilines is 1. The Morgan fingerprint density at radius 2 is 2.00 bits per heavy atom. The number of nitrogens with two attached hydrogens (primary N) is 1. The van der Waals surface area contributed by atoms with Crippen LogP contribution in [0.15, 0.2) is 17.0 Å². The number of hydrogen-bond acceptors (Lipinski definition) is 3. The van der Waals surface area contributed by atoms with Gasteiger partial charge in [0.25, 0.3) is 0 Å². The fourth-order valence-electron chi connectivity index (χ4n) is 2.08. The van der Waals surface area contributed by atoms with Crippen LogP contribution in [0.2, 0.25) is 0 Å². The molecule has 0 amide bonds. The van der Waals surface area contributed by atoms with Crippen molar-refractivity contribution in [2.45, 2.75) is 43.4 Å². The SMILES string of the molecule is Cc1cc2c(cc1C)SC(CCN)C(C)N2. The average Bonchev–Trinajstić information content (AvgIpc) is 2.23. The van der Waals surface area contributed by atoms with Gasteiger partial charge in [-0.3, -0.25) is 0 Å². The summed E-state index contributed by atoms with van der Waals surface area (Å²) in [5.41, 5.74) is 9.67. The largest absolute Gasteiger partial charge is 0.381 e. The highest BCUT2D eigenvalue weighted by Gasteiger charge is 2.25. The molecule has 3 heteroatoms. The predicted octanol–water partition coefficient (Wildman–Crippen LogP) is 2.93. The topological polar surface area (TPSA) is 38.0 Å². The maximum Gasteiger partial charge on any atom is 0.0483 e. The second kappa shape index (κ2) is 4.68. The van der Waals surface area contributed by atoms with Crippen LogP contribution in [-0.2, 0) is 0 Å². The molecule has 2 atom stereocenters. The summed E-state index contributed by atoms with van der Waals surface area (Å²) < 4.78 is 0. The van der Waals surface area contributed by atoms with Crippen molar-refractivity contribution in [2.75, 3.05) is 11.9 Å². The fraction of sp³-hybridized carbons (Fsp3) is 0.538.